The molecule has 36 heavy (non-hydrogen) atoms. The van der Waals surface area contributed by atoms with Gasteiger partial charge in [0.2, 0.25) is 0 Å². The van der Waals surface area contributed by atoms with Gasteiger partial charge in [0.25, 0.3) is 5.56 Å². The molecule has 174 valence electrons. The second kappa shape index (κ2) is 8.29. The molecule has 0 bridgehead atoms. The zero-order valence-electron chi connectivity index (χ0n) is 19.3. The first-order valence-corrected chi connectivity index (χ1v) is 13.4. The second-order valence-corrected chi connectivity index (χ2v) is 10.8. The highest BCUT2D eigenvalue weighted by molar-refractivity contribution is 7.15. The summed E-state index contributed by atoms with van der Waals surface area (Å²) in [5, 5.41) is 2.05. The van der Waals surface area contributed by atoms with Crippen LogP contribution in [0.15, 0.2) is 101 Å². The number of hydrogen-bond acceptors (Lipinski definition) is 5. The number of aromatic nitrogens is 2. The maximum Gasteiger partial charge on any atom is 0.274 e. The van der Waals surface area contributed by atoms with E-state index in [0.29, 0.717) is 9.49 Å². The summed E-state index contributed by atoms with van der Waals surface area (Å²) in [6, 6.07) is 28.5. The standard InChI is InChI=1S/C30H20N2O2S2/c1-18-9-2-3-10-19(18)27-20-11-4-7-14-24(20)34-28(25-15-8-16-35-25)21(27)17-26-29(33)32-23-13-6-5-12-22(23)31-30(32)36-26/h2-17,27H,1H3/b26-17+/t27-/m1/s1. The summed E-state index contributed by atoms with van der Waals surface area (Å²) < 4.78 is 8.92. The summed E-state index contributed by atoms with van der Waals surface area (Å²) in [5.41, 5.74) is 6.09. The fourth-order valence-corrected chi connectivity index (χ4v) is 6.73. The van der Waals surface area contributed by atoms with Crippen molar-refractivity contribution in [3.05, 3.63) is 132 Å². The van der Waals surface area contributed by atoms with E-state index >= 15 is 0 Å². The first kappa shape index (κ1) is 21.3. The van der Waals surface area contributed by atoms with Crippen LogP contribution >= 0.6 is 22.7 Å². The Labute approximate surface area is 215 Å². The molecule has 0 fully saturated rings. The number of imidazole rings is 1. The number of allylic oxidation sites excluding steroid dienone is 1. The lowest BCUT2D eigenvalue weighted by atomic mass is 9.80. The van der Waals surface area contributed by atoms with Crippen molar-refractivity contribution < 1.29 is 4.74 Å². The average Bonchev–Trinajstić information content (AvgIpc) is 3.62. The van der Waals surface area contributed by atoms with E-state index in [1.807, 2.05) is 54.6 Å². The molecule has 6 heteroatoms. The summed E-state index contributed by atoms with van der Waals surface area (Å²) in [4.78, 5) is 20.1. The number of thiophene rings is 1. The van der Waals surface area contributed by atoms with Crippen molar-refractivity contribution in [1.82, 2.24) is 9.38 Å². The van der Waals surface area contributed by atoms with Crippen LogP contribution in [-0.4, -0.2) is 9.38 Å². The largest absolute Gasteiger partial charge is 0.455 e. The van der Waals surface area contributed by atoms with E-state index in [1.165, 1.54) is 22.5 Å². The van der Waals surface area contributed by atoms with Crippen LogP contribution in [0.2, 0.25) is 0 Å². The van der Waals surface area contributed by atoms with Crippen molar-refractivity contribution >= 4 is 50.5 Å². The van der Waals surface area contributed by atoms with E-state index in [-0.39, 0.29) is 11.5 Å². The van der Waals surface area contributed by atoms with E-state index in [0.717, 1.165) is 38.6 Å². The zero-order valence-corrected chi connectivity index (χ0v) is 21.0. The smallest absolute Gasteiger partial charge is 0.274 e. The number of fused-ring (bicyclic) bond motifs is 4. The predicted molar refractivity (Wildman–Crippen MR) is 148 cm³/mol. The highest BCUT2D eigenvalue weighted by atomic mass is 32.1. The lowest BCUT2D eigenvalue weighted by Gasteiger charge is -2.30. The number of rotatable bonds is 3. The topological polar surface area (TPSA) is 43.6 Å². The van der Waals surface area contributed by atoms with Crippen LogP contribution in [0, 0.1) is 6.92 Å². The number of benzene rings is 3. The Hall–Kier alpha value is -4.00. The van der Waals surface area contributed by atoms with Gasteiger partial charge >= 0.3 is 0 Å². The number of hydrogen-bond donors (Lipinski definition) is 0. The van der Waals surface area contributed by atoms with E-state index in [9.17, 15) is 4.79 Å². The monoisotopic (exact) mass is 504 g/mol. The molecule has 0 radical (unpaired) electrons. The van der Waals surface area contributed by atoms with Gasteiger partial charge < -0.3 is 4.74 Å². The van der Waals surface area contributed by atoms with Gasteiger partial charge in [0.15, 0.2) is 4.96 Å². The molecule has 4 nitrogen and oxygen atoms in total. The molecular weight excluding hydrogens is 484 g/mol. The number of thiazole rings is 1. The number of nitrogens with zero attached hydrogens (tertiary/aromatic N) is 2. The Morgan fingerprint density at radius 1 is 0.917 bits per heavy atom. The molecule has 0 saturated carbocycles. The maximum atomic E-state index is 13.7. The van der Waals surface area contributed by atoms with Crippen molar-refractivity contribution in [2.24, 2.45) is 0 Å². The Morgan fingerprint density at radius 2 is 1.69 bits per heavy atom. The minimum atomic E-state index is -0.0705. The first-order valence-electron chi connectivity index (χ1n) is 11.7. The molecule has 0 amide bonds. The summed E-state index contributed by atoms with van der Waals surface area (Å²) in [6.07, 6.45) is 2.03. The molecule has 6 aromatic rings. The van der Waals surface area contributed by atoms with Gasteiger partial charge in [0.05, 0.1) is 20.4 Å². The van der Waals surface area contributed by atoms with Gasteiger partial charge in [-0.3, -0.25) is 4.79 Å². The molecule has 0 N–H and O–H groups in total. The van der Waals surface area contributed by atoms with Crippen molar-refractivity contribution in [1.29, 1.82) is 0 Å². The fraction of sp³-hybridized carbons (Fsp3) is 0.0667. The third-order valence-corrected chi connectivity index (χ3v) is 8.53. The molecule has 0 unspecified atom stereocenters. The molecule has 1 aliphatic heterocycles. The van der Waals surface area contributed by atoms with Gasteiger partial charge in [-0.1, -0.05) is 72.0 Å². The Kier molecular flexibility index (Phi) is 4.91. The van der Waals surface area contributed by atoms with Crippen LogP contribution in [-0.2, 0) is 0 Å². The highest BCUT2D eigenvalue weighted by Gasteiger charge is 2.32. The summed E-state index contributed by atoms with van der Waals surface area (Å²) in [5.74, 6) is 1.58. The number of ether oxygens (including phenoxy) is 1. The first-order chi connectivity index (χ1) is 17.7. The Bertz CT molecular complexity index is 1910. The molecule has 0 aliphatic carbocycles. The molecule has 3 aromatic carbocycles. The van der Waals surface area contributed by atoms with Gasteiger partial charge in [0.1, 0.15) is 11.5 Å². The average molecular weight is 505 g/mol. The third-order valence-electron chi connectivity index (χ3n) is 6.69. The van der Waals surface area contributed by atoms with Crippen LogP contribution in [0.1, 0.15) is 27.5 Å². The van der Waals surface area contributed by atoms with Gasteiger partial charge in [-0.15, -0.1) is 11.3 Å². The SMILES string of the molecule is Cc1ccccc1[C@H]1C(/C=c2/sc3nc4ccccc4n3c2=O)=C(c2cccs2)Oc2ccccc21. The second-order valence-electron chi connectivity index (χ2n) is 8.83. The maximum absolute atomic E-state index is 13.7. The summed E-state index contributed by atoms with van der Waals surface area (Å²) >= 11 is 3.06. The molecule has 4 heterocycles. The van der Waals surface area contributed by atoms with Crippen LogP contribution in [0.4, 0.5) is 0 Å². The number of aryl methyl sites for hydroxylation is 1. The molecule has 0 saturated heterocycles. The molecule has 3 aromatic heterocycles. The van der Waals surface area contributed by atoms with E-state index in [2.05, 4.69) is 48.7 Å². The molecule has 0 spiro atoms. The van der Waals surface area contributed by atoms with Crippen LogP contribution in [0.5, 0.6) is 5.75 Å². The van der Waals surface area contributed by atoms with Crippen molar-refractivity contribution in [2.75, 3.05) is 0 Å². The predicted octanol–water partition coefficient (Wildman–Crippen LogP) is 6.41. The Morgan fingerprint density at radius 3 is 2.53 bits per heavy atom. The van der Waals surface area contributed by atoms with Gasteiger partial charge in [-0.05, 0) is 53.8 Å². The van der Waals surface area contributed by atoms with Crippen molar-refractivity contribution in [3.63, 3.8) is 0 Å². The summed E-state index contributed by atoms with van der Waals surface area (Å²) in [7, 11) is 0. The van der Waals surface area contributed by atoms with Gasteiger partial charge in [0, 0.05) is 17.1 Å². The van der Waals surface area contributed by atoms with E-state index < -0.39 is 0 Å². The molecular formula is C30H20N2O2S2. The molecule has 1 aliphatic rings. The quantitative estimate of drug-likeness (QED) is 0.280. The lowest BCUT2D eigenvalue weighted by molar-refractivity contribution is 0.490. The minimum Gasteiger partial charge on any atom is -0.455 e. The molecule has 1 atom stereocenters. The normalized spacial score (nSPS) is 16.0. The zero-order chi connectivity index (χ0) is 24.2. The lowest BCUT2D eigenvalue weighted by Crippen LogP contribution is -2.25. The van der Waals surface area contributed by atoms with Crippen molar-refractivity contribution in [2.45, 2.75) is 12.8 Å². The van der Waals surface area contributed by atoms with Crippen LogP contribution in [0.3, 0.4) is 0 Å². The minimum absolute atomic E-state index is 0.0517. The fourth-order valence-electron chi connectivity index (χ4n) is 5.03. The number of para-hydroxylation sites is 3. The highest BCUT2D eigenvalue weighted by Crippen LogP contribution is 2.47. The van der Waals surface area contributed by atoms with Gasteiger partial charge in [-0.2, -0.15) is 0 Å². The van der Waals surface area contributed by atoms with Crippen LogP contribution < -0.4 is 14.8 Å². The van der Waals surface area contributed by atoms with Crippen molar-refractivity contribution in [3.8, 4) is 5.75 Å². The third kappa shape index (κ3) is 3.26. The molecule has 7 rings (SSSR count). The van der Waals surface area contributed by atoms with Gasteiger partial charge in [-0.25, -0.2) is 9.38 Å². The Balaban J connectivity index is 1.56. The van der Waals surface area contributed by atoms with Crippen LogP contribution in [0.25, 0.3) is 27.8 Å². The van der Waals surface area contributed by atoms with E-state index in [4.69, 9.17) is 9.72 Å². The summed E-state index contributed by atoms with van der Waals surface area (Å²) in [6.45, 7) is 2.14. The van der Waals surface area contributed by atoms with E-state index in [1.54, 1.807) is 15.7 Å².